The van der Waals surface area contributed by atoms with Gasteiger partial charge in [-0.05, 0) is 29.7 Å². The molecule has 0 spiro atoms. The largest absolute Gasteiger partial charge is 0.618 e. The van der Waals surface area contributed by atoms with Crippen molar-refractivity contribution in [2.45, 2.75) is 13.0 Å². The van der Waals surface area contributed by atoms with Crippen LogP contribution in [0.3, 0.4) is 0 Å². The van der Waals surface area contributed by atoms with Crippen LogP contribution >= 0.6 is 11.6 Å². The van der Waals surface area contributed by atoms with Crippen LogP contribution in [0.1, 0.15) is 17.7 Å². The number of hydrogen-bond acceptors (Lipinski definition) is 3. The van der Waals surface area contributed by atoms with E-state index in [4.69, 9.17) is 21.1 Å². The van der Waals surface area contributed by atoms with Crippen LogP contribution in [0.5, 0.6) is 11.5 Å². The van der Waals surface area contributed by atoms with Crippen LogP contribution in [-0.2, 0) is 6.54 Å². The molecule has 5 nitrogen and oxygen atoms in total. The molecule has 0 saturated carbocycles. The van der Waals surface area contributed by atoms with E-state index in [1.165, 1.54) is 5.57 Å². The molecule has 2 aliphatic rings. The number of halogens is 1. The molecule has 2 heterocycles. The minimum atomic E-state index is 0.0718. The number of hydroxylamine groups is 1. The molecular formula is C20H19ClN2O3. The molecule has 134 valence electrons. The van der Waals surface area contributed by atoms with Crippen molar-refractivity contribution in [2.24, 2.45) is 5.92 Å². The predicted octanol–water partition coefficient (Wildman–Crippen LogP) is 4.09. The Hall–Kier alpha value is -2.66. The molecule has 0 amide bonds. The van der Waals surface area contributed by atoms with Gasteiger partial charge in [-0.3, -0.25) is 0 Å². The first-order valence-corrected chi connectivity index (χ1v) is 8.77. The Balaban J connectivity index is 1.73. The van der Waals surface area contributed by atoms with Crippen molar-refractivity contribution in [1.29, 1.82) is 0 Å². The minimum absolute atomic E-state index is 0.0718. The second kappa shape index (κ2) is 6.57. The molecule has 0 radical (unpaired) electrons. The third kappa shape index (κ3) is 2.78. The molecule has 1 aromatic carbocycles. The topological polar surface area (TPSA) is 49.5 Å². The first kappa shape index (κ1) is 16.8. The van der Waals surface area contributed by atoms with E-state index >= 15 is 0 Å². The molecule has 0 unspecified atom stereocenters. The van der Waals surface area contributed by atoms with Crippen molar-refractivity contribution in [1.82, 2.24) is 4.57 Å². The average molecular weight is 371 g/mol. The van der Waals surface area contributed by atoms with E-state index < -0.39 is 0 Å². The molecule has 1 atom stereocenters. The Morgan fingerprint density at radius 3 is 2.62 bits per heavy atom. The molecule has 0 saturated heterocycles. The molecule has 0 bridgehead atoms. The summed E-state index contributed by atoms with van der Waals surface area (Å²) in [4.78, 5) is 0. The number of methoxy groups -OCH3 is 2. The van der Waals surface area contributed by atoms with E-state index in [9.17, 15) is 5.21 Å². The fourth-order valence-corrected chi connectivity index (χ4v) is 3.76. The zero-order valence-electron chi connectivity index (χ0n) is 14.6. The van der Waals surface area contributed by atoms with Crippen molar-refractivity contribution in [3.05, 3.63) is 69.8 Å². The van der Waals surface area contributed by atoms with Crippen molar-refractivity contribution in [3.8, 4) is 11.5 Å². The standard InChI is InChI=1S/C20H19ClN2O3/c1-25-19-12-22-10-15-9-14(13-3-6-16(21)7-4-13)5-8-17(15)23(24)11-18(22)20(19)26-2/h3-8,11-12,15H,9-10H2,1-2H3/t15-/m0/s1. The van der Waals surface area contributed by atoms with Crippen molar-refractivity contribution in [2.75, 3.05) is 14.2 Å². The predicted molar refractivity (Wildman–Crippen MR) is 102 cm³/mol. The number of ether oxygens (including phenoxy) is 2. The summed E-state index contributed by atoms with van der Waals surface area (Å²) in [6, 6.07) is 7.80. The second-order valence-electron chi connectivity index (χ2n) is 6.41. The number of allylic oxidation sites excluding steroid dienone is 4. The Labute approximate surface area is 157 Å². The normalized spacial score (nSPS) is 18.7. The highest BCUT2D eigenvalue weighted by molar-refractivity contribution is 6.30. The number of nitrogens with zero attached hydrogens (tertiary/aromatic N) is 2. The van der Waals surface area contributed by atoms with Gasteiger partial charge in [-0.1, -0.05) is 29.8 Å². The van der Waals surface area contributed by atoms with Crippen LogP contribution in [0.4, 0.5) is 0 Å². The maximum atomic E-state index is 12.7. The van der Waals surface area contributed by atoms with Gasteiger partial charge in [0.05, 0.1) is 26.3 Å². The molecule has 26 heavy (non-hydrogen) atoms. The van der Waals surface area contributed by atoms with E-state index in [0.717, 1.165) is 28.1 Å². The lowest BCUT2D eigenvalue weighted by atomic mass is 9.87. The highest BCUT2D eigenvalue weighted by Gasteiger charge is 2.32. The molecule has 6 heteroatoms. The second-order valence-corrected chi connectivity index (χ2v) is 6.85. The lowest BCUT2D eigenvalue weighted by Gasteiger charge is -2.22. The molecular weight excluding hydrogens is 352 g/mol. The number of hydrogen-bond donors (Lipinski definition) is 0. The van der Waals surface area contributed by atoms with Crippen molar-refractivity contribution in [3.63, 3.8) is 0 Å². The summed E-state index contributed by atoms with van der Waals surface area (Å²) in [7, 11) is 3.18. The van der Waals surface area contributed by atoms with Gasteiger partial charge < -0.3 is 19.2 Å². The van der Waals surface area contributed by atoms with Crippen LogP contribution in [0.25, 0.3) is 5.57 Å². The third-order valence-corrected chi connectivity index (χ3v) is 5.18. The number of aromatic nitrogens is 1. The summed E-state index contributed by atoms with van der Waals surface area (Å²) < 4.78 is 13.8. The first-order chi connectivity index (χ1) is 12.6. The maximum absolute atomic E-state index is 12.7. The SMILES string of the molecule is COc1cn2c(c1OC)C=[N+]([O-])C1=CC=C(c3ccc(Cl)cc3)C[C@H]1C2. The zero-order valence-corrected chi connectivity index (χ0v) is 15.4. The molecule has 0 fully saturated rings. The van der Waals surface area contributed by atoms with Gasteiger partial charge >= 0.3 is 0 Å². The summed E-state index contributed by atoms with van der Waals surface area (Å²) in [6.45, 7) is 0.682. The van der Waals surface area contributed by atoms with Gasteiger partial charge in [0.15, 0.2) is 22.9 Å². The summed E-state index contributed by atoms with van der Waals surface area (Å²) in [5.74, 6) is 1.28. The van der Waals surface area contributed by atoms with Crippen LogP contribution < -0.4 is 9.47 Å². The summed E-state index contributed by atoms with van der Waals surface area (Å²) in [5.41, 5.74) is 3.80. The van der Waals surface area contributed by atoms with E-state index in [2.05, 4.69) is 0 Å². The van der Waals surface area contributed by atoms with Gasteiger partial charge in [-0.2, -0.15) is 4.74 Å². The van der Waals surface area contributed by atoms with E-state index in [1.807, 2.05) is 47.2 Å². The fraction of sp³-hybridized carbons (Fsp3) is 0.250. The molecule has 1 aliphatic heterocycles. The lowest BCUT2D eigenvalue weighted by Crippen LogP contribution is -2.18. The number of fused-ring (bicyclic) bond motifs is 2. The Bertz CT molecular complexity index is 939. The van der Waals surface area contributed by atoms with Crippen LogP contribution in [-0.4, -0.2) is 29.7 Å². The molecule has 2 aromatic rings. The Kier molecular flexibility index (Phi) is 4.24. The maximum Gasteiger partial charge on any atom is 0.208 e. The van der Waals surface area contributed by atoms with E-state index in [0.29, 0.717) is 23.1 Å². The van der Waals surface area contributed by atoms with Crippen molar-refractivity contribution < 1.29 is 14.2 Å². The molecule has 4 rings (SSSR count). The quantitative estimate of drug-likeness (QED) is 0.604. The first-order valence-electron chi connectivity index (χ1n) is 8.39. The van der Waals surface area contributed by atoms with Gasteiger partial charge in [-0.15, -0.1) is 0 Å². The number of rotatable bonds is 3. The fourth-order valence-electron chi connectivity index (χ4n) is 3.63. The third-order valence-electron chi connectivity index (χ3n) is 4.93. The molecule has 1 aromatic heterocycles. The molecule has 1 aliphatic carbocycles. The van der Waals surface area contributed by atoms with Crippen LogP contribution in [0.2, 0.25) is 5.02 Å². The monoisotopic (exact) mass is 370 g/mol. The summed E-state index contributed by atoms with van der Waals surface area (Å²) in [6.07, 6.45) is 8.17. The van der Waals surface area contributed by atoms with Crippen molar-refractivity contribution >= 4 is 23.4 Å². The average Bonchev–Trinajstić information content (AvgIpc) is 2.91. The highest BCUT2D eigenvalue weighted by atomic mass is 35.5. The summed E-state index contributed by atoms with van der Waals surface area (Å²) in [5, 5.41) is 13.4. The zero-order chi connectivity index (χ0) is 18.3. The van der Waals surface area contributed by atoms with Gasteiger partial charge in [0, 0.05) is 17.6 Å². The van der Waals surface area contributed by atoms with Crippen LogP contribution in [0, 0.1) is 11.1 Å². The number of benzene rings is 1. The smallest absolute Gasteiger partial charge is 0.208 e. The van der Waals surface area contributed by atoms with E-state index in [1.54, 1.807) is 20.4 Å². The minimum Gasteiger partial charge on any atom is -0.618 e. The van der Waals surface area contributed by atoms with Gasteiger partial charge in [0.2, 0.25) is 6.21 Å². The lowest BCUT2D eigenvalue weighted by molar-refractivity contribution is -0.404. The highest BCUT2D eigenvalue weighted by Crippen LogP contribution is 2.38. The van der Waals surface area contributed by atoms with Gasteiger partial charge in [-0.25, -0.2) is 0 Å². The van der Waals surface area contributed by atoms with Gasteiger partial charge in [0.1, 0.15) is 0 Å². The van der Waals surface area contributed by atoms with E-state index in [-0.39, 0.29) is 5.92 Å². The molecule has 0 N–H and O–H groups in total. The van der Waals surface area contributed by atoms with Crippen LogP contribution in [0.15, 0.2) is 48.3 Å². The summed E-state index contributed by atoms with van der Waals surface area (Å²) >= 11 is 5.99. The Morgan fingerprint density at radius 2 is 1.92 bits per heavy atom. The van der Waals surface area contributed by atoms with Gasteiger partial charge in [0.25, 0.3) is 0 Å². The Morgan fingerprint density at radius 1 is 1.15 bits per heavy atom.